The van der Waals surface area contributed by atoms with Gasteiger partial charge in [-0.1, -0.05) is 0 Å². The van der Waals surface area contributed by atoms with Gasteiger partial charge in [0, 0.05) is 25.3 Å². The maximum atomic E-state index is 13.8. The lowest BCUT2D eigenvalue weighted by molar-refractivity contribution is 0.0694. The van der Waals surface area contributed by atoms with Crippen molar-refractivity contribution >= 4 is 11.6 Å². The summed E-state index contributed by atoms with van der Waals surface area (Å²) in [5.74, 6) is -0.816. The summed E-state index contributed by atoms with van der Waals surface area (Å²) < 4.78 is 23.9. The molecule has 1 saturated heterocycles. The van der Waals surface area contributed by atoms with Crippen molar-refractivity contribution in [3.63, 3.8) is 0 Å². The number of halogens is 1. The fourth-order valence-electron chi connectivity index (χ4n) is 2.02. The van der Waals surface area contributed by atoms with Crippen LogP contribution in [0.25, 0.3) is 0 Å². The summed E-state index contributed by atoms with van der Waals surface area (Å²) >= 11 is 0. The van der Waals surface area contributed by atoms with Crippen LogP contribution in [0.1, 0.15) is 23.2 Å². The molecule has 1 aromatic rings. The largest absolute Gasteiger partial charge is 0.495 e. The average molecular weight is 268 g/mol. The molecule has 104 valence electrons. The maximum absolute atomic E-state index is 13.8. The Kier molecular flexibility index (Phi) is 4.21. The zero-order valence-electron chi connectivity index (χ0n) is 10.7. The van der Waals surface area contributed by atoms with Crippen LogP contribution < -0.4 is 15.8 Å². The molecule has 1 amide bonds. The van der Waals surface area contributed by atoms with E-state index in [1.54, 1.807) is 0 Å². The molecule has 0 spiro atoms. The first-order valence-corrected chi connectivity index (χ1v) is 6.13. The topological polar surface area (TPSA) is 73.6 Å². The van der Waals surface area contributed by atoms with Gasteiger partial charge in [-0.3, -0.25) is 4.79 Å². The van der Waals surface area contributed by atoms with Crippen molar-refractivity contribution in [2.24, 2.45) is 0 Å². The number of benzene rings is 1. The molecule has 0 atom stereocenters. The third kappa shape index (κ3) is 3.14. The molecule has 6 heteroatoms. The van der Waals surface area contributed by atoms with Gasteiger partial charge in [-0.05, 0) is 18.9 Å². The minimum atomic E-state index is -0.650. The SMILES string of the molecule is COc1cc(C(=O)NC2CCOCC2)c(F)cc1N. The highest BCUT2D eigenvalue weighted by Crippen LogP contribution is 2.25. The molecule has 19 heavy (non-hydrogen) atoms. The number of hydrogen-bond donors (Lipinski definition) is 2. The number of nitrogens with two attached hydrogens (primary N) is 1. The minimum Gasteiger partial charge on any atom is -0.495 e. The summed E-state index contributed by atoms with van der Waals surface area (Å²) in [7, 11) is 1.42. The van der Waals surface area contributed by atoms with Gasteiger partial charge in [0.2, 0.25) is 0 Å². The Morgan fingerprint density at radius 2 is 2.16 bits per heavy atom. The number of nitrogen functional groups attached to an aromatic ring is 1. The highest BCUT2D eigenvalue weighted by molar-refractivity contribution is 5.95. The van der Waals surface area contributed by atoms with Crippen LogP contribution in [-0.4, -0.2) is 32.3 Å². The Bertz CT molecular complexity index is 473. The third-order valence-electron chi connectivity index (χ3n) is 3.12. The highest BCUT2D eigenvalue weighted by Gasteiger charge is 2.20. The van der Waals surface area contributed by atoms with E-state index in [1.165, 1.54) is 13.2 Å². The van der Waals surface area contributed by atoms with E-state index in [1.807, 2.05) is 0 Å². The first-order chi connectivity index (χ1) is 9.11. The van der Waals surface area contributed by atoms with Gasteiger partial charge in [-0.2, -0.15) is 0 Å². The van der Waals surface area contributed by atoms with Crippen LogP contribution in [-0.2, 0) is 4.74 Å². The molecular weight excluding hydrogens is 251 g/mol. The standard InChI is InChI=1S/C13H17FN2O3/c1-18-12-6-9(10(14)7-11(12)15)13(17)16-8-2-4-19-5-3-8/h6-8H,2-5,15H2,1H3,(H,16,17). The fraction of sp³-hybridized carbons (Fsp3) is 0.462. The van der Waals surface area contributed by atoms with Crippen LogP contribution >= 0.6 is 0 Å². The molecule has 0 saturated carbocycles. The highest BCUT2D eigenvalue weighted by atomic mass is 19.1. The number of anilines is 1. The molecule has 0 aliphatic carbocycles. The Balaban J connectivity index is 2.13. The van der Waals surface area contributed by atoms with E-state index >= 15 is 0 Å². The van der Waals surface area contributed by atoms with E-state index in [2.05, 4.69) is 5.32 Å². The van der Waals surface area contributed by atoms with E-state index < -0.39 is 11.7 Å². The number of nitrogens with one attached hydrogen (secondary N) is 1. The molecule has 0 bridgehead atoms. The van der Waals surface area contributed by atoms with E-state index in [4.69, 9.17) is 15.2 Å². The second-order valence-corrected chi connectivity index (χ2v) is 4.43. The lowest BCUT2D eigenvalue weighted by Crippen LogP contribution is -2.39. The molecule has 0 unspecified atom stereocenters. The molecule has 1 heterocycles. The molecule has 3 N–H and O–H groups in total. The van der Waals surface area contributed by atoms with Gasteiger partial charge in [0.15, 0.2) is 0 Å². The third-order valence-corrected chi connectivity index (χ3v) is 3.12. The number of methoxy groups -OCH3 is 1. The molecule has 1 aromatic carbocycles. The quantitative estimate of drug-likeness (QED) is 0.811. The number of hydrogen-bond acceptors (Lipinski definition) is 4. The Hall–Kier alpha value is -1.82. The van der Waals surface area contributed by atoms with Crippen LogP contribution in [0.4, 0.5) is 10.1 Å². The molecule has 0 radical (unpaired) electrons. The van der Waals surface area contributed by atoms with Crippen molar-refractivity contribution in [2.75, 3.05) is 26.1 Å². The number of carbonyl (C=O) groups excluding carboxylic acids is 1. The Morgan fingerprint density at radius 3 is 2.79 bits per heavy atom. The fourth-order valence-corrected chi connectivity index (χ4v) is 2.02. The van der Waals surface area contributed by atoms with Gasteiger partial charge >= 0.3 is 0 Å². The molecule has 2 rings (SSSR count). The monoisotopic (exact) mass is 268 g/mol. The van der Waals surface area contributed by atoms with Crippen molar-refractivity contribution in [3.8, 4) is 5.75 Å². The maximum Gasteiger partial charge on any atom is 0.254 e. The average Bonchev–Trinajstić information content (AvgIpc) is 2.40. The van der Waals surface area contributed by atoms with Crippen molar-refractivity contribution in [3.05, 3.63) is 23.5 Å². The van der Waals surface area contributed by atoms with E-state index in [0.717, 1.165) is 18.9 Å². The van der Waals surface area contributed by atoms with Gasteiger partial charge in [0.05, 0.1) is 18.4 Å². The van der Waals surface area contributed by atoms with Crippen LogP contribution in [0.2, 0.25) is 0 Å². The first kappa shape index (κ1) is 13.6. The summed E-state index contributed by atoms with van der Waals surface area (Å²) in [6.45, 7) is 1.22. The Morgan fingerprint density at radius 1 is 1.47 bits per heavy atom. The van der Waals surface area contributed by atoms with E-state index in [0.29, 0.717) is 19.0 Å². The number of carbonyl (C=O) groups is 1. The van der Waals surface area contributed by atoms with Crippen molar-refractivity contribution in [2.45, 2.75) is 18.9 Å². The molecular formula is C13H17FN2O3. The summed E-state index contributed by atoms with van der Waals surface area (Å²) in [6, 6.07) is 2.43. The van der Waals surface area contributed by atoms with Crippen LogP contribution in [0.5, 0.6) is 5.75 Å². The van der Waals surface area contributed by atoms with Crippen molar-refractivity contribution in [1.82, 2.24) is 5.32 Å². The van der Waals surface area contributed by atoms with Crippen LogP contribution in [0.15, 0.2) is 12.1 Å². The Labute approximate surface area is 110 Å². The normalized spacial score (nSPS) is 16.1. The van der Waals surface area contributed by atoms with Crippen LogP contribution in [0, 0.1) is 5.82 Å². The van der Waals surface area contributed by atoms with Gasteiger partial charge in [-0.25, -0.2) is 4.39 Å². The van der Waals surface area contributed by atoms with Gasteiger partial charge in [0.1, 0.15) is 11.6 Å². The van der Waals surface area contributed by atoms with Crippen molar-refractivity contribution in [1.29, 1.82) is 0 Å². The molecule has 5 nitrogen and oxygen atoms in total. The predicted molar refractivity (Wildman–Crippen MR) is 68.7 cm³/mol. The summed E-state index contributed by atoms with van der Waals surface area (Å²) in [4.78, 5) is 12.0. The zero-order chi connectivity index (χ0) is 13.8. The summed E-state index contributed by atoms with van der Waals surface area (Å²) in [5, 5.41) is 2.79. The smallest absolute Gasteiger partial charge is 0.254 e. The van der Waals surface area contributed by atoms with Gasteiger partial charge in [-0.15, -0.1) is 0 Å². The molecule has 1 fully saturated rings. The zero-order valence-corrected chi connectivity index (χ0v) is 10.7. The molecule has 1 aliphatic heterocycles. The lowest BCUT2D eigenvalue weighted by Gasteiger charge is -2.23. The number of ether oxygens (including phenoxy) is 2. The minimum absolute atomic E-state index is 0.0178. The van der Waals surface area contributed by atoms with E-state index in [-0.39, 0.29) is 17.3 Å². The second-order valence-electron chi connectivity index (χ2n) is 4.43. The predicted octanol–water partition coefficient (Wildman–Crippen LogP) is 1.33. The lowest BCUT2D eigenvalue weighted by atomic mass is 10.1. The summed E-state index contributed by atoms with van der Waals surface area (Å²) in [6.07, 6.45) is 1.47. The number of rotatable bonds is 3. The molecule has 0 aromatic heterocycles. The van der Waals surface area contributed by atoms with Crippen molar-refractivity contribution < 1.29 is 18.7 Å². The second kappa shape index (κ2) is 5.88. The number of amides is 1. The summed E-state index contributed by atoms with van der Waals surface area (Å²) in [5.41, 5.74) is 5.68. The van der Waals surface area contributed by atoms with E-state index in [9.17, 15) is 9.18 Å². The van der Waals surface area contributed by atoms with Gasteiger partial charge in [0.25, 0.3) is 5.91 Å². The molecule has 1 aliphatic rings. The van der Waals surface area contributed by atoms with Gasteiger partial charge < -0.3 is 20.5 Å². The first-order valence-electron chi connectivity index (χ1n) is 6.13. The van der Waals surface area contributed by atoms with Crippen LogP contribution in [0.3, 0.4) is 0 Å².